The predicted octanol–water partition coefficient (Wildman–Crippen LogP) is 5.83. The monoisotopic (exact) mass is 304 g/mol. The molecule has 0 bridgehead atoms. The maximum Gasteiger partial charge on any atom is 0.0276 e. The van der Waals surface area contributed by atoms with E-state index in [1.807, 2.05) is 0 Å². The van der Waals surface area contributed by atoms with Crippen molar-refractivity contribution in [3.63, 3.8) is 0 Å². The molecule has 0 nitrogen and oxygen atoms in total. The van der Waals surface area contributed by atoms with Gasteiger partial charge < -0.3 is 0 Å². The fourth-order valence-corrected chi connectivity index (χ4v) is 5.87. The molecule has 0 saturated carbocycles. The molecule has 1 spiro atoms. The SMILES string of the molecule is CC1C(C)(C)c2ccccc2C12c1ccccc1C(C)(C)C2C. The fourth-order valence-electron chi connectivity index (χ4n) is 5.87. The molecule has 2 aromatic rings. The van der Waals surface area contributed by atoms with Gasteiger partial charge in [-0.3, -0.25) is 0 Å². The van der Waals surface area contributed by atoms with Crippen LogP contribution in [0, 0.1) is 11.8 Å². The first-order valence-electron chi connectivity index (χ1n) is 8.96. The molecule has 0 amide bonds. The zero-order valence-corrected chi connectivity index (χ0v) is 15.3. The standard InChI is InChI=1S/C23H28/c1-15-21(3,4)17-11-7-9-13-19(17)23(15)16(2)22(5,6)18-12-8-10-14-20(18)23/h7-16H,1-6H3. The molecule has 0 N–H and O–H groups in total. The van der Waals surface area contributed by atoms with Crippen molar-refractivity contribution < 1.29 is 0 Å². The Labute approximate surface area is 140 Å². The van der Waals surface area contributed by atoms with Crippen molar-refractivity contribution in [3.05, 3.63) is 70.8 Å². The fraction of sp³-hybridized carbons (Fsp3) is 0.478. The zero-order valence-electron chi connectivity index (χ0n) is 15.3. The van der Waals surface area contributed by atoms with E-state index >= 15 is 0 Å². The summed E-state index contributed by atoms with van der Waals surface area (Å²) in [6.07, 6.45) is 0. The van der Waals surface area contributed by atoms with Crippen LogP contribution in [0.25, 0.3) is 0 Å². The zero-order chi connectivity index (χ0) is 16.6. The molecule has 2 aliphatic rings. The van der Waals surface area contributed by atoms with Crippen LogP contribution in [0.15, 0.2) is 48.5 Å². The van der Waals surface area contributed by atoms with Gasteiger partial charge in [0, 0.05) is 5.41 Å². The van der Waals surface area contributed by atoms with Crippen LogP contribution in [0.3, 0.4) is 0 Å². The largest absolute Gasteiger partial charge is 0.0620 e. The molecule has 23 heavy (non-hydrogen) atoms. The Kier molecular flexibility index (Phi) is 2.80. The Morgan fingerprint density at radius 1 is 0.565 bits per heavy atom. The lowest BCUT2D eigenvalue weighted by molar-refractivity contribution is 0.171. The average molecular weight is 304 g/mol. The number of hydrogen-bond acceptors (Lipinski definition) is 0. The molecule has 120 valence electrons. The van der Waals surface area contributed by atoms with Crippen LogP contribution in [0.1, 0.15) is 63.8 Å². The van der Waals surface area contributed by atoms with E-state index in [-0.39, 0.29) is 16.2 Å². The molecule has 4 rings (SSSR count). The summed E-state index contributed by atoms with van der Waals surface area (Å²) in [5.41, 5.74) is 6.79. The normalized spacial score (nSPS) is 32.8. The van der Waals surface area contributed by atoms with Crippen LogP contribution < -0.4 is 0 Å². The van der Waals surface area contributed by atoms with Crippen LogP contribution in [0.4, 0.5) is 0 Å². The third-order valence-corrected chi connectivity index (χ3v) is 7.66. The highest BCUT2D eigenvalue weighted by Gasteiger charge is 2.64. The average Bonchev–Trinajstić information content (AvgIpc) is 2.83. The van der Waals surface area contributed by atoms with Gasteiger partial charge in [-0.2, -0.15) is 0 Å². The number of benzene rings is 2. The van der Waals surface area contributed by atoms with Crippen LogP contribution in [-0.4, -0.2) is 0 Å². The van der Waals surface area contributed by atoms with E-state index < -0.39 is 0 Å². The number of fused-ring (bicyclic) bond motifs is 4. The smallest absolute Gasteiger partial charge is 0.0276 e. The van der Waals surface area contributed by atoms with Gasteiger partial charge in [0.15, 0.2) is 0 Å². The highest BCUT2D eigenvalue weighted by Crippen LogP contribution is 2.67. The molecule has 2 aromatic carbocycles. The van der Waals surface area contributed by atoms with Crippen molar-refractivity contribution in [1.29, 1.82) is 0 Å². The van der Waals surface area contributed by atoms with E-state index in [0.717, 1.165) is 0 Å². The first kappa shape index (κ1) is 15.0. The van der Waals surface area contributed by atoms with E-state index in [2.05, 4.69) is 90.1 Å². The minimum atomic E-state index is 0.139. The van der Waals surface area contributed by atoms with Gasteiger partial charge in [-0.15, -0.1) is 0 Å². The topological polar surface area (TPSA) is 0 Å². The Balaban J connectivity index is 2.14. The summed E-state index contributed by atoms with van der Waals surface area (Å²) in [5.74, 6) is 1.18. The lowest BCUT2D eigenvalue weighted by Gasteiger charge is -2.43. The lowest BCUT2D eigenvalue weighted by atomic mass is 9.60. The molecule has 0 aliphatic heterocycles. The first-order valence-corrected chi connectivity index (χ1v) is 8.96. The van der Waals surface area contributed by atoms with Crippen LogP contribution >= 0.6 is 0 Å². The van der Waals surface area contributed by atoms with Gasteiger partial charge >= 0.3 is 0 Å². The molecule has 2 atom stereocenters. The predicted molar refractivity (Wildman–Crippen MR) is 98.0 cm³/mol. The minimum absolute atomic E-state index is 0.139. The van der Waals surface area contributed by atoms with Crippen molar-refractivity contribution in [2.45, 2.75) is 57.8 Å². The molecule has 0 radical (unpaired) electrons. The summed E-state index contributed by atoms with van der Waals surface area (Å²) >= 11 is 0. The van der Waals surface area contributed by atoms with Gasteiger partial charge in [-0.1, -0.05) is 90.1 Å². The molecule has 0 fully saturated rings. The van der Waals surface area contributed by atoms with Crippen molar-refractivity contribution in [1.82, 2.24) is 0 Å². The molecule has 0 saturated heterocycles. The lowest BCUT2D eigenvalue weighted by Crippen LogP contribution is -2.43. The van der Waals surface area contributed by atoms with E-state index in [9.17, 15) is 0 Å². The van der Waals surface area contributed by atoms with Gasteiger partial charge in [0.05, 0.1) is 0 Å². The highest BCUT2D eigenvalue weighted by molar-refractivity contribution is 5.61. The van der Waals surface area contributed by atoms with Crippen molar-refractivity contribution in [2.75, 3.05) is 0 Å². The number of rotatable bonds is 0. The van der Waals surface area contributed by atoms with E-state index in [0.29, 0.717) is 11.8 Å². The summed E-state index contributed by atoms with van der Waals surface area (Å²) < 4.78 is 0. The van der Waals surface area contributed by atoms with Gasteiger partial charge in [-0.25, -0.2) is 0 Å². The second-order valence-corrected chi connectivity index (χ2v) is 8.85. The second-order valence-electron chi connectivity index (χ2n) is 8.85. The van der Waals surface area contributed by atoms with Gasteiger partial charge in [0.25, 0.3) is 0 Å². The number of hydrogen-bond donors (Lipinski definition) is 0. The van der Waals surface area contributed by atoms with E-state index in [1.54, 1.807) is 22.3 Å². The van der Waals surface area contributed by atoms with E-state index in [1.165, 1.54) is 0 Å². The molecular weight excluding hydrogens is 276 g/mol. The maximum atomic E-state index is 2.48. The molecule has 0 heterocycles. The summed E-state index contributed by atoms with van der Waals surface area (Å²) in [5, 5.41) is 0. The molecule has 0 heteroatoms. The summed E-state index contributed by atoms with van der Waals surface area (Å²) in [6.45, 7) is 14.7. The highest BCUT2D eigenvalue weighted by atomic mass is 14.7. The van der Waals surface area contributed by atoms with Gasteiger partial charge in [0.2, 0.25) is 0 Å². The molecule has 0 aromatic heterocycles. The van der Waals surface area contributed by atoms with Gasteiger partial charge in [-0.05, 0) is 44.9 Å². The van der Waals surface area contributed by atoms with Crippen molar-refractivity contribution in [2.24, 2.45) is 11.8 Å². The molecular formula is C23H28. The van der Waals surface area contributed by atoms with E-state index in [4.69, 9.17) is 0 Å². The Morgan fingerprint density at radius 3 is 1.22 bits per heavy atom. The summed E-state index contributed by atoms with van der Waals surface area (Å²) in [4.78, 5) is 0. The van der Waals surface area contributed by atoms with Crippen molar-refractivity contribution >= 4 is 0 Å². The van der Waals surface area contributed by atoms with Crippen LogP contribution in [-0.2, 0) is 16.2 Å². The Morgan fingerprint density at radius 2 is 0.870 bits per heavy atom. The third kappa shape index (κ3) is 1.48. The van der Waals surface area contributed by atoms with Crippen molar-refractivity contribution in [3.8, 4) is 0 Å². The summed E-state index contributed by atoms with van der Waals surface area (Å²) in [6, 6.07) is 18.4. The first-order chi connectivity index (χ1) is 10.8. The van der Waals surface area contributed by atoms with Gasteiger partial charge in [0.1, 0.15) is 0 Å². The molecule has 2 unspecified atom stereocenters. The minimum Gasteiger partial charge on any atom is -0.0620 e. The summed E-state index contributed by atoms with van der Waals surface area (Å²) in [7, 11) is 0. The Hall–Kier alpha value is -1.56. The quantitative estimate of drug-likeness (QED) is 0.574. The van der Waals surface area contributed by atoms with Crippen LogP contribution in [0.5, 0.6) is 0 Å². The molecule has 2 aliphatic carbocycles. The third-order valence-electron chi connectivity index (χ3n) is 7.66. The maximum absolute atomic E-state index is 2.48. The Bertz CT molecular complexity index is 711. The second kappa shape index (κ2) is 4.29. The van der Waals surface area contributed by atoms with Crippen LogP contribution in [0.2, 0.25) is 0 Å².